The molecule has 0 saturated heterocycles. The molecule has 0 spiro atoms. The Morgan fingerprint density at radius 1 is 0.929 bits per heavy atom. The van der Waals surface area contributed by atoms with Crippen LogP contribution in [0.3, 0.4) is 0 Å². The van der Waals surface area contributed by atoms with Crippen LogP contribution in [0.5, 0.6) is 0 Å². The lowest BCUT2D eigenvalue weighted by molar-refractivity contribution is -0.384. The van der Waals surface area contributed by atoms with Crippen LogP contribution in [0.2, 0.25) is 0 Å². The maximum Gasteiger partial charge on any atom is 0.269 e. The molecule has 0 radical (unpaired) electrons. The Morgan fingerprint density at radius 3 is 2.14 bits per heavy atom. The molecule has 0 saturated carbocycles. The van der Waals surface area contributed by atoms with Crippen LogP contribution < -0.4 is 5.32 Å². The molecule has 0 aliphatic rings. The zero-order valence-electron chi connectivity index (χ0n) is 15.4. The van der Waals surface area contributed by atoms with Gasteiger partial charge in [-0.25, -0.2) is 0 Å². The molecule has 140 valence electrons. The van der Waals surface area contributed by atoms with E-state index in [1.165, 1.54) is 18.2 Å². The molecule has 5 heteroatoms. The quantitative estimate of drug-likeness (QED) is 0.383. The number of non-ortho nitro benzene ring substituents is 1. The number of hydrogen-bond donors (Lipinski definition) is 1. The summed E-state index contributed by atoms with van der Waals surface area (Å²) in [4.78, 5) is 22.8. The van der Waals surface area contributed by atoms with E-state index in [1.807, 2.05) is 61.5 Å². The summed E-state index contributed by atoms with van der Waals surface area (Å²) in [6.07, 6.45) is 3.07. The van der Waals surface area contributed by atoms with Gasteiger partial charge >= 0.3 is 0 Å². The van der Waals surface area contributed by atoms with Crippen molar-refractivity contribution in [3.05, 3.63) is 117 Å². The van der Waals surface area contributed by atoms with Gasteiger partial charge in [-0.1, -0.05) is 60.2 Å². The smallest absolute Gasteiger partial charge is 0.269 e. The fourth-order valence-corrected chi connectivity index (χ4v) is 2.83. The average molecular weight is 372 g/mol. The summed E-state index contributed by atoms with van der Waals surface area (Å²) >= 11 is 0. The fraction of sp³-hybridized carbons (Fsp3) is 0.0870. The Labute approximate surface area is 163 Å². The molecular formula is C23H20N2O3. The second-order valence-electron chi connectivity index (χ2n) is 6.44. The van der Waals surface area contributed by atoms with Gasteiger partial charge in [-0.2, -0.15) is 0 Å². The third kappa shape index (κ3) is 4.92. The first-order valence-electron chi connectivity index (χ1n) is 8.87. The Morgan fingerprint density at radius 2 is 1.54 bits per heavy atom. The standard InChI is InChI=1S/C23H20N2O3/c1-17-7-12-20(13-8-17)23(19-5-3-2-4-6-19)24-22(26)16-11-18-9-14-21(15-10-18)25(27)28/h2-16,23H,1H3,(H,24,26)/b16-11+. The second-order valence-corrected chi connectivity index (χ2v) is 6.44. The number of carbonyl (C=O) groups is 1. The van der Waals surface area contributed by atoms with Crippen LogP contribution in [0.15, 0.2) is 84.9 Å². The van der Waals surface area contributed by atoms with E-state index >= 15 is 0 Å². The van der Waals surface area contributed by atoms with Crippen molar-refractivity contribution < 1.29 is 9.72 Å². The van der Waals surface area contributed by atoms with Crippen molar-refractivity contribution in [2.75, 3.05) is 0 Å². The Kier molecular flexibility index (Phi) is 5.97. The van der Waals surface area contributed by atoms with E-state index in [0.29, 0.717) is 5.56 Å². The zero-order chi connectivity index (χ0) is 19.9. The molecule has 1 unspecified atom stereocenters. The van der Waals surface area contributed by atoms with E-state index in [0.717, 1.165) is 16.7 Å². The van der Waals surface area contributed by atoms with Gasteiger partial charge in [-0.15, -0.1) is 0 Å². The highest BCUT2D eigenvalue weighted by Crippen LogP contribution is 2.22. The molecule has 3 rings (SSSR count). The molecule has 3 aromatic carbocycles. The number of aryl methyl sites for hydroxylation is 1. The molecule has 5 nitrogen and oxygen atoms in total. The highest BCUT2D eigenvalue weighted by Gasteiger charge is 2.15. The second kappa shape index (κ2) is 8.77. The number of carbonyl (C=O) groups excluding carboxylic acids is 1. The molecule has 0 heterocycles. The van der Waals surface area contributed by atoms with E-state index < -0.39 is 4.92 Å². The van der Waals surface area contributed by atoms with Crippen LogP contribution in [0.25, 0.3) is 6.08 Å². The summed E-state index contributed by atoms with van der Waals surface area (Å²) in [5.74, 6) is -0.243. The SMILES string of the molecule is Cc1ccc(C(NC(=O)/C=C/c2ccc([N+](=O)[O-])cc2)c2ccccc2)cc1. The zero-order valence-corrected chi connectivity index (χ0v) is 15.4. The van der Waals surface area contributed by atoms with Crippen LogP contribution in [0.4, 0.5) is 5.69 Å². The van der Waals surface area contributed by atoms with E-state index in [1.54, 1.807) is 18.2 Å². The molecule has 28 heavy (non-hydrogen) atoms. The molecular weight excluding hydrogens is 352 g/mol. The summed E-state index contributed by atoms with van der Waals surface area (Å²) in [5, 5.41) is 13.7. The lowest BCUT2D eigenvalue weighted by Crippen LogP contribution is -2.27. The first-order valence-corrected chi connectivity index (χ1v) is 8.87. The lowest BCUT2D eigenvalue weighted by Gasteiger charge is -2.19. The largest absolute Gasteiger partial charge is 0.342 e. The van der Waals surface area contributed by atoms with Crippen LogP contribution >= 0.6 is 0 Å². The molecule has 0 aliphatic carbocycles. The maximum atomic E-state index is 12.5. The van der Waals surface area contributed by atoms with Gasteiger partial charge in [0, 0.05) is 18.2 Å². The molecule has 1 atom stereocenters. The Balaban J connectivity index is 1.77. The number of nitrogens with zero attached hydrogens (tertiary/aromatic N) is 1. The predicted octanol–water partition coefficient (Wildman–Crippen LogP) is 4.82. The topological polar surface area (TPSA) is 72.2 Å². The third-order valence-corrected chi connectivity index (χ3v) is 4.36. The summed E-state index contributed by atoms with van der Waals surface area (Å²) in [6.45, 7) is 2.02. The minimum absolute atomic E-state index is 0.0186. The van der Waals surface area contributed by atoms with Crippen molar-refractivity contribution in [2.24, 2.45) is 0 Å². The van der Waals surface area contributed by atoms with E-state index in [4.69, 9.17) is 0 Å². The van der Waals surface area contributed by atoms with Crippen molar-refractivity contribution in [2.45, 2.75) is 13.0 Å². The maximum absolute atomic E-state index is 12.5. The highest BCUT2D eigenvalue weighted by atomic mass is 16.6. The Bertz CT molecular complexity index is 979. The summed E-state index contributed by atoms with van der Waals surface area (Å²) < 4.78 is 0. The lowest BCUT2D eigenvalue weighted by atomic mass is 9.98. The van der Waals surface area contributed by atoms with Crippen LogP contribution in [-0.4, -0.2) is 10.8 Å². The van der Waals surface area contributed by atoms with Crippen molar-refractivity contribution in [1.82, 2.24) is 5.32 Å². The summed E-state index contributed by atoms with van der Waals surface area (Å²) in [5.41, 5.74) is 3.87. The van der Waals surface area contributed by atoms with Gasteiger partial charge in [0.05, 0.1) is 11.0 Å². The number of benzene rings is 3. The highest BCUT2D eigenvalue weighted by molar-refractivity contribution is 5.92. The molecule has 0 aromatic heterocycles. The number of rotatable bonds is 6. The van der Waals surface area contributed by atoms with E-state index in [-0.39, 0.29) is 17.6 Å². The van der Waals surface area contributed by atoms with Crippen LogP contribution in [-0.2, 0) is 4.79 Å². The minimum Gasteiger partial charge on any atom is -0.342 e. The van der Waals surface area contributed by atoms with Gasteiger partial charge in [0.2, 0.25) is 5.91 Å². The van der Waals surface area contributed by atoms with Crippen molar-refractivity contribution in [3.63, 3.8) is 0 Å². The van der Waals surface area contributed by atoms with Gasteiger partial charge in [0.15, 0.2) is 0 Å². The number of nitrogens with one attached hydrogen (secondary N) is 1. The number of nitro benzene ring substituents is 1. The van der Waals surface area contributed by atoms with Gasteiger partial charge in [0.1, 0.15) is 0 Å². The van der Waals surface area contributed by atoms with Crippen LogP contribution in [0, 0.1) is 17.0 Å². The molecule has 3 aromatic rings. The monoisotopic (exact) mass is 372 g/mol. The fourth-order valence-electron chi connectivity index (χ4n) is 2.83. The predicted molar refractivity (Wildman–Crippen MR) is 110 cm³/mol. The van der Waals surface area contributed by atoms with Crippen molar-refractivity contribution in [3.8, 4) is 0 Å². The van der Waals surface area contributed by atoms with Gasteiger partial charge in [-0.3, -0.25) is 14.9 Å². The molecule has 0 bridgehead atoms. The molecule has 1 amide bonds. The summed E-state index contributed by atoms with van der Waals surface area (Å²) in [7, 11) is 0. The molecule has 0 aliphatic heterocycles. The van der Waals surface area contributed by atoms with Crippen molar-refractivity contribution in [1.29, 1.82) is 0 Å². The normalized spacial score (nSPS) is 11.9. The number of amides is 1. The van der Waals surface area contributed by atoms with E-state index in [9.17, 15) is 14.9 Å². The molecule has 1 N–H and O–H groups in total. The van der Waals surface area contributed by atoms with Crippen molar-refractivity contribution >= 4 is 17.7 Å². The third-order valence-electron chi connectivity index (χ3n) is 4.36. The van der Waals surface area contributed by atoms with E-state index in [2.05, 4.69) is 5.32 Å². The Hall–Kier alpha value is -3.73. The first kappa shape index (κ1) is 19.0. The minimum atomic E-state index is -0.452. The summed E-state index contributed by atoms with van der Waals surface area (Å²) in [6, 6.07) is 23.6. The van der Waals surface area contributed by atoms with Gasteiger partial charge < -0.3 is 5.32 Å². The number of hydrogen-bond acceptors (Lipinski definition) is 3. The molecule has 0 fully saturated rings. The van der Waals surface area contributed by atoms with Gasteiger partial charge in [0.25, 0.3) is 5.69 Å². The average Bonchev–Trinajstić information content (AvgIpc) is 2.72. The van der Waals surface area contributed by atoms with Gasteiger partial charge in [-0.05, 0) is 41.8 Å². The first-order chi connectivity index (χ1) is 13.5. The number of nitro groups is 1. The van der Waals surface area contributed by atoms with Crippen LogP contribution in [0.1, 0.15) is 28.3 Å².